The quantitative estimate of drug-likeness (QED) is 0.197. The summed E-state index contributed by atoms with van der Waals surface area (Å²) in [5.41, 5.74) is 0. The lowest BCUT2D eigenvalue weighted by Gasteiger charge is -2.40. The standard InChI is InChI=1S/C34H52Si4/c1-9-35(10-2)31-27-32(36(11-3)12-4)34(38(15-7,16-8)30-25-21-18-22-26-30)28-33(31)37(13-5,14-6)29-23-19-17-20-24-29/h17-28H,9-16H2,1-8H3. The van der Waals surface area contributed by atoms with Gasteiger partial charge in [0.15, 0.2) is 0 Å². The number of hydrogen-bond donors (Lipinski definition) is 0. The van der Waals surface area contributed by atoms with Crippen molar-refractivity contribution >= 4 is 64.9 Å². The predicted octanol–water partition coefficient (Wildman–Crippen LogP) is 6.38. The highest BCUT2D eigenvalue weighted by Crippen LogP contribution is 2.20. The van der Waals surface area contributed by atoms with Crippen LogP contribution in [0.15, 0.2) is 72.8 Å². The van der Waals surface area contributed by atoms with Gasteiger partial charge in [-0.1, -0.05) is 208 Å². The maximum Gasteiger partial charge on any atom is 0.117 e. The van der Waals surface area contributed by atoms with E-state index in [0.29, 0.717) is 0 Å². The number of hydrogen-bond acceptors (Lipinski definition) is 0. The van der Waals surface area contributed by atoms with E-state index < -0.39 is 33.7 Å². The third kappa shape index (κ3) is 5.70. The molecule has 0 unspecified atom stereocenters. The van der Waals surface area contributed by atoms with Gasteiger partial charge in [0.1, 0.15) is 16.1 Å². The summed E-state index contributed by atoms with van der Waals surface area (Å²) in [6.07, 6.45) is 0. The van der Waals surface area contributed by atoms with Crippen molar-refractivity contribution in [2.45, 2.75) is 104 Å². The first-order chi connectivity index (χ1) is 18.5. The zero-order valence-corrected chi connectivity index (χ0v) is 29.6. The van der Waals surface area contributed by atoms with Crippen LogP contribution in [-0.2, 0) is 0 Å². The summed E-state index contributed by atoms with van der Waals surface area (Å²) in [4.78, 5) is 0. The van der Waals surface area contributed by atoms with Crippen molar-refractivity contribution in [3.63, 3.8) is 0 Å². The lowest BCUT2D eigenvalue weighted by molar-refractivity contribution is 1.28. The molecule has 0 amide bonds. The molecule has 0 fully saturated rings. The number of benzene rings is 3. The smallest absolute Gasteiger partial charge is 0.0677 e. The third-order valence-corrected chi connectivity index (χ3v) is 26.6. The fourth-order valence-corrected chi connectivity index (χ4v) is 22.5. The lowest BCUT2D eigenvalue weighted by Crippen LogP contribution is -2.71. The minimum absolute atomic E-state index is 0.583. The zero-order chi connectivity index (χ0) is 27.8. The Hall–Kier alpha value is -1.47. The fourth-order valence-electron chi connectivity index (χ4n) is 7.14. The van der Waals surface area contributed by atoms with Gasteiger partial charge in [-0.15, -0.1) is 0 Å². The monoisotopic (exact) mass is 572 g/mol. The molecular formula is C34H52Si4. The molecule has 0 bridgehead atoms. The van der Waals surface area contributed by atoms with Crippen LogP contribution in [0.4, 0.5) is 0 Å². The Balaban J connectivity index is 2.54. The Labute approximate surface area is 240 Å². The average molecular weight is 573 g/mol. The van der Waals surface area contributed by atoms with Gasteiger partial charge >= 0.3 is 0 Å². The van der Waals surface area contributed by atoms with Gasteiger partial charge in [-0.3, -0.25) is 0 Å². The molecule has 3 aromatic rings. The van der Waals surface area contributed by atoms with Crippen LogP contribution in [0.1, 0.15) is 55.4 Å². The molecule has 0 saturated carbocycles. The first-order valence-corrected chi connectivity index (χ1v) is 24.1. The predicted molar refractivity (Wildman–Crippen MR) is 184 cm³/mol. The zero-order valence-electron chi connectivity index (χ0n) is 25.6. The molecule has 0 spiro atoms. The Morgan fingerprint density at radius 1 is 0.447 bits per heavy atom. The topological polar surface area (TPSA) is 0 Å². The molecule has 3 rings (SSSR count). The van der Waals surface area contributed by atoms with Crippen molar-refractivity contribution in [3.8, 4) is 0 Å². The van der Waals surface area contributed by atoms with Gasteiger partial charge in [0.2, 0.25) is 0 Å². The number of rotatable bonds is 14. The van der Waals surface area contributed by atoms with Gasteiger partial charge in [-0.05, 0) is 0 Å². The molecule has 0 N–H and O–H groups in total. The van der Waals surface area contributed by atoms with Gasteiger partial charge in [-0.25, -0.2) is 0 Å². The molecule has 3 aromatic carbocycles. The second-order valence-electron chi connectivity index (χ2n) is 10.9. The first kappa shape index (κ1) is 31.1. The molecule has 0 aliphatic rings. The van der Waals surface area contributed by atoms with Crippen molar-refractivity contribution in [2.75, 3.05) is 0 Å². The maximum absolute atomic E-state index is 2.91. The molecule has 204 valence electrons. The molecule has 2 radical (unpaired) electrons. The summed E-state index contributed by atoms with van der Waals surface area (Å²) in [7, 11) is -4.95. The third-order valence-electron chi connectivity index (χ3n) is 9.72. The molecule has 0 aliphatic carbocycles. The van der Waals surface area contributed by atoms with Crippen molar-refractivity contribution < 1.29 is 0 Å². The first-order valence-electron chi connectivity index (χ1n) is 15.5. The van der Waals surface area contributed by atoms with E-state index in [1.54, 1.807) is 10.4 Å². The van der Waals surface area contributed by atoms with Crippen LogP contribution in [0.5, 0.6) is 0 Å². The molecule has 38 heavy (non-hydrogen) atoms. The summed E-state index contributed by atoms with van der Waals surface area (Å²) in [5.74, 6) is 0. The van der Waals surface area contributed by atoms with Gasteiger partial charge < -0.3 is 0 Å². The van der Waals surface area contributed by atoms with E-state index in [4.69, 9.17) is 0 Å². The van der Waals surface area contributed by atoms with Crippen LogP contribution < -0.4 is 31.1 Å². The lowest BCUT2D eigenvalue weighted by atomic mass is 10.3. The molecule has 0 aromatic heterocycles. The van der Waals surface area contributed by atoms with Crippen molar-refractivity contribution in [3.05, 3.63) is 72.8 Å². The highest BCUT2D eigenvalue weighted by molar-refractivity contribution is 7.08. The molecule has 0 nitrogen and oxygen atoms in total. The summed E-state index contributed by atoms with van der Waals surface area (Å²) < 4.78 is 0. The molecule has 0 heterocycles. The van der Waals surface area contributed by atoms with E-state index in [2.05, 4.69) is 128 Å². The largest absolute Gasteiger partial charge is 0.117 e. The van der Waals surface area contributed by atoms with Gasteiger partial charge in [0, 0.05) is 0 Å². The molecule has 0 aliphatic heterocycles. The second-order valence-corrected chi connectivity index (χ2v) is 26.6. The van der Waals surface area contributed by atoms with E-state index in [0.717, 1.165) is 0 Å². The van der Waals surface area contributed by atoms with Crippen LogP contribution in [-0.4, -0.2) is 33.7 Å². The Kier molecular flexibility index (Phi) is 11.6. The molecule has 0 saturated heterocycles. The van der Waals surface area contributed by atoms with Gasteiger partial charge in [-0.2, -0.15) is 0 Å². The van der Waals surface area contributed by atoms with Crippen LogP contribution >= 0.6 is 0 Å². The van der Waals surface area contributed by atoms with Gasteiger partial charge in [0.25, 0.3) is 0 Å². The summed E-state index contributed by atoms with van der Waals surface area (Å²) >= 11 is 0. The van der Waals surface area contributed by atoms with Crippen molar-refractivity contribution in [2.24, 2.45) is 0 Å². The minimum Gasteiger partial charge on any atom is -0.0677 e. The second kappa shape index (κ2) is 14.2. The highest BCUT2D eigenvalue weighted by Gasteiger charge is 2.42. The van der Waals surface area contributed by atoms with Crippen LogP contribution in [0.2, 0.25) is 48.4 Å². The van der Waals surface area contributed by atoms with E-state index >= 15 is 0 Å². The SMILES string of the molecule is CC[Si](CC)c1cc([Si](CC)CC)c([Si](CC)(CC)c2ccccc2)cc1[Si](CC)(CC)c1ccccc1. The highest BCUT2D eigenvalue weighted by atomic mass is 28.3. The average Bonchev–Trinajstić information content (AvgIpc) is 2.98. The van der Waals surface area contributed by atoms with E-state index in [9.17, 15) is 0 Å². The van der Waals surface area contributed by atoms with Crippen LogP contribution in [0.3, 0.4) is 0 Å². The van der Waals surface area contributed by atoms with E-state index in [-0.39, 0.29) is 0 Å². The Morgan fingerprint density at radius 3 is 1.03 bits per heavy atom. The fraction of sp³-hybridized carbons (Fsp3) is 0.471. The summed E-state index contributed by atoms with van der Waals surface area (Å²) in [5, 5.41) is 10.6. The van der Waals surface area contributed by atoms with Gasteiger partial charge in [0.05, 0.1) is 17.6 Å². The minimum atomic E-state index is -1.89. The normalized spacial score (nSPS) is 12.5. The van der Waals surface area contributed by atoms with Crippen molar-refractivity contribution in [1.82, 2.24) is 0 Å². The maximum atomic E-state index is 2.91. The molecule has 0 atom stereocenters. The van der Waals surface area contributed by atoms with E-state index in [1.165, 1.54) is 48.4 Å². The Bertz CT molecular complexity index is 1020. The van der Waals surface area contributed by atoms with Crippen LogP contribution in [0, 0.1) is 0 Å². The molecule has 4 heteroatoms. The van der Waals surface area contributed by atoms with E-state index in [1.807, 2.05) is 20.7 Å². The Morgan fingerprint density at radius 2 is 0.763 bits per heavy atom. The summed E-state index contributed by atoms with van der Waals surface area (Å²) in [6, 6.07) is 39.7. The molecular weight excluding hydrogens is 521 g/mol. The van der Waals surface area contributed by atoms with Crippen LogP contribution in [0.25, 0.3) is 0 Å². The van der Waals surface area contributed by atoms with Crippen molar-refractivity contribution in [1.29, 1.82) is 0 Å². The summed E-state index contributed by atoms with van der Waals surface area (Å²) in [6.45, 7) is 19.9.